The second-order valence-electron chi connectivity index (χ2n) is 10.7. The van der Waals surface area contributed by atoms with Crippen LogP contribution in [0.5, 0.6) is 0 Å². The molecule has 38 heavy (non-hydrogen) atoms. The topological polar surface area (TPSA) is 81.1 Å². The van der Waals surface area contributed by atoms with Crippen molar-refractivity contribution in [2.75, 3.05) is 13.1 Å². The van der Waals surface area contributed by atoms with Gasteiger partial charge in [0.1, 0.15) is 28.9 Å². The molecule has 0 amide bonds. The van der Waals surface area contributed by atoms with E-state index in [2.05, 4.69) is 46.2 Å². The van der Waals surface area contributed by atoms with E-state index in [1.54, 1.807) is 23.8 Å². The zero-order chi connectivity index (χ0) is 26.0. The molecule has 3 aliphatic rings. The fraction of sp³-hybridized carbons (Fsp3) is 0.379. The number of rotatable bonds is 3. The van der Waals surface area contributed by atoms with Gasteiger partial charge >= 0.3 is 0 Å². The quantitative estimate of drug-likeness (QED) is 0.386. The molecule has 7 nitrogen and oxygen atoms in total. The summed E-state index contributed by atoms with van der Waals surface area (Å²) in [6.45, 7) is 8.28. The minimum absolute atomic E-state index is 0.331. The van der Waals surface area contributed by atoms with E-state index in [1.165, 1.54) is 6.07 Å². The van der Waals surface area contributed by atoms with Crippen LogP contribution in [0.15, 0.2) is 40.1 Å². The summed E-state index contributed by atoms with van der Waals surface area (Å²) in [5.74, 6) is 8.65. The molecular weight excluding hydrogens is 499 g/mol. The third-order valence-corrected chi connectivity index (χ3v) is 9.29. The largest absolute Gasteiger partial charge is 0.449 e. The van der Waals surface area contributed by atoms with Crippen LogP contribution in [-0.2, 0) is 6.42 Å². The van der Waals surface area contributed by atoms with Crippen LogP contribution in [-0.4, -0.2) is 38.5 Å². The Balaban J connectivity index is 1.30. The maximum Gasteiger partial charge on any atom is 0.196 e. The first kappa shape index (κ1) is 23.5. The molecule has 9 heteroatoms. The molecule has 1 aromatic carbocycles. The highest BCUT2D eigenvalue weighted by Crippen LogP contribution is 2.48. The summed E-state index contributed by atoms with van der Waals surface area (Å²) in [6, 6.07) is 4.82. The van der Waals surface area contributed by atoms with Crippen molar-refractivity contribution < 1.29 is 8.81 Å². The van der Waals surface area contributed by atoms with Crippen LogP contribution in [0.3, 0.4) is 0 Å². The molecule has 4 aromatic rings. The van der Waals surface area contributed by atoms with Crippen LogP contribution < -0.4 is 5.32 Å². The molecule has 5 heterocycles. The van der Waals surface area contributed by atoms with Crippen molar-refractivity contribution in [3.05, 3.63) is 81.1 Å². The molecule has 0 radical (unpaired) electrons. The number of fused-ring (bicyclic) bond motifs is 3. The Hall–Kier alpha value is -3.61. The highest BCUT2D eigenvalue weighted by atomic mass is 32.1. The number of hydrogen-bond donors (Lipinski definition) is 1. The van der Waals surface area contributed by atoms with Crippen LogP contribution in [0, 0.1) is 49.8 Å². The Morgan fingerprint density at radius 3 is 2.76 bits per heavy atom. The Morgan fingerprint density at radius 1 is 1.21 bits per heavy atom. The van der Waals surface area contributed by atoms with Crippen LogP contribution >= 0.6 is 11.3 Å². The summed E-state index contributed by atoms with van der Waals surface area (Å²) in [7, 11) is 0. The molecule has 3 aromatic heterocycles. The van der Waals surface area contributed by atoms with Gasteiger partial charge in [-0.05, 0) is 62.8 Å². The van der Waals surface area contributed by atoms with E-state index in [4.69, 9.17) is 9.41 Å². The van der Waals surface area contributed by atoms with Crippen molar-refractivity contribution in [2.24, 2.45) is 16.3 Å². The lowest BCUT2D eigenvalue weighted by Crippen LogP contribution is -2.59. The lowest BCUT2D eigenvalue weighted by atomic mass is 9.59. The molecule has 1 atom stereocenters. The van der Waals surface area contributed by atoms with Crippen molar-refractivity contribution in [1.29, 1.82) is 0 Å². The van der Waals surface area contributed by atoms with E-state index in [0.717, 1.165) is 52.8 Å². The van der Waals surface area contributed by atoms with Gasteiger partial charge in [-0.1, -0.05) is 11.8 Å². The molecule has 1 aliphatic carbocycles. The zero-order valence-electron chi connectivity index (χ0n) is 21.5. The first-order valence-electron chi connectivity index (χ1n) is 12.9. The molecule has 2 fully saturated rings. The van der Waals surface area contributed by atoms with Crippen LogP contribution in [0.4, 0.5) is 4.39 Å². The van der Waals surface area contributed by atoms with Gasteiger partial charge in [-0.3, -0.25) is 9.56 Å². The number of hydrogen-bond acceptors (Lipinski definition) is 7. The predicted octanol–water partition coefficient (Wildman–Crippen LogP) is 4.87. The van der Waals surface area contributed by atoms with E-state index in [-0.39, 0.29) is 5.82 Å². The highest BCUT2D eigenvalue weighted by molar-refractivity contribution is 7.15. The van der Waals surface area contributed by atoms with E-state index < -0.39 is 6.04 Å². The summed E-state index contributed by atoms with van der Waals surface area (Å²) in [5, 5.41) is 13.2. The summed E-state index contributed by atoms with van der Waals surface area (Å²) in [4.78, 5) is 10.6. The summed E-state index contributed by atoms with van der Waals surface area (Å²) in [5.41, 5.74) is 4.22. The van der Waals surface area contributed by atoms with E-state index in [9.17, 15) is 0 Å². The van der Waals surface area contributed by atoms with Crippen molar-refractivity contribution in [3.8, 4) is 16.8 Å². The third-order valence-electron chi connectivity index (χ3n) is 8.09. The number of nitrogens with zero attached hydrogens (tertiary/aromatic N) is 5. The highest BCUT2D eigenvalue weighted by Gasteiger charge is 2.47. The first-order valence-corrected chi connectivity index (χ1v) is 13.7. The fourth-order valence-corrected chi connectivity index (χ4v) is 7.07. The number of aryl methyl sites for hydroxylation is 2. The Kier molecular flexibility index (Phi) is 5.39. The molecule has 7 rings (SSSR count). The van der Waals surface area contributed by atoms with Gasteiger partial charge in [0.15, 0.2) is 11.7 Å². The minimum Gasteiger partial charge on any atom is -0.449 e. The van der Waals surface area contributed by atoms with Crippen molar-refractivity contribution in [2.45, 2.75) is 46.1 Å². The number of oxazole rings is 1. The standard InChI is InChI=1S/C29H27FN6OS/c1-16-17(2)38-28-25(16)26(33-23(11-24-32-8-9-37-24)27-35-34-18(3)36(27)28)21-7-6-19(10-22(21)30)4-5-20-12-29(13-20)14-31-15-29/h6-10,20,23,31H,11-15H2,1-3H3. The number of benzene rings is 1. The molecule has 0 bridgehead atoms. The number of nitrogens with one attached hydrogen (secondary N) is 1. The zero-order valence-corrected chi connectivity index (χ0v) is 22.3. The van der Waals surface area contributed by atoms with Crippen molar-refractivity contribution in [1.82, 2.24) is 25.1 Å². The molecule has 1 N–H and O–H groups in total. The maximum atomic E-state index is 15.8. The van der Waals surface area contributed by atoms with Crippen LogP contribution in [0.1, 0.15) is 63.6 Å². The smallest absolute Gasteiger partial charge is 0.196 e. The average Bonchev–Trinajstić information content (AvgIpc) is 3.53. The Morgan fingerprint density at radius 2 is 2.05 bits per heavy atom. The van der Waals surface area contributed by atoms with Gasteiger partial charge in [0, 0.05) is 40.6 Å². The first-order chi connectivity index (χ1) is 18.4. The number of halogens is 1. The van der Waals surface area contributed by atoms with Gasteiger partial charge < -0.3 is 9.73 Å². The second-order valence-corrected chi connectivity index (χ2v) is 11.9. The van der Waals surface area contributed by atoms with Gasteiger partial charge in [-0.25, -0.2) is 9.37 Å². The molecular formula is C29H27FN6OS. The second kappa shape index (κ2) is 8.72. The third kappa shape index (κ3) is 3.74. The maximum absolute atomic E-state index is 15.8. The number of aromatic nitrogens is 4. The van der Waals surface area contributed by atoms with Gasteiger partial charge in [0.05, 0.1) is 18.3 Å². The summed E-state index contributed by atoms with van der Waals surface area (Å²) in [6.07, 6.45) is 5.83. The lowest BCUT2D eigenvalue weighted by Gasteiger charge is -2.53. The molecule has 1 saturated heterocycles. The predicted molar refractivity (Wildman–Crippen MR) is 143 cm³/mol. The van der Waals surface area contributed by atoms with Crippen molar-refractivity contribution in [3.63, 3.8) is 0 Å². The lowest BCUT2D eigenvalue weighted by molar-refractivity contribution is 0.0266. The van der Waals surface area contributed by atoms with Gasteiger partial charge in [-0.15, -0.1) is 21.5 Å². The SMILES string of the molecule is Cc1sc2c(c1C)C(c1ccc(C#CC3CC4(CNC4)C3)cc1F)=NC(Cc1ncco1)c1nnc(C)n1-2. The number of aliphatic imine (C=N–C) groups is 1. The Labute approximate surface area is 224 Å². The average molecular weight is 527 g/mol. The molecule has 192 valence electrons. The van der Waals surface area contributed by atoms with Crippen molar-refractivity contribution >= 4 is 17.0 Å². The van der Waals surface area contributed by atoms with E-state index in [0.29, 0.717) is 46.3 Å². The van der Waals surface area contributed by atoms with Gasteiger partial charge in [0.2, 0.25) is 0 Å². The van der Waals surface area contributed by atoms with E-state index >= 15 is 4.39 Å². The molecule has 2 aliphatic heterocycles. The Bertz CT molecular complexity index is 1640. The molecule has 1 spiro atoms. The van der Waals surface area contributed by atoms with E-state index in [1.807, 2.05) is 23.6 Å². The fourth-order valence-electron chi connectivity index (χ4n) is 5.85. The number of thiophene rings is 1. The molecule has 1 unspecified atom stereocenters. The van der Waals surface area contributed by atoms with Gasteiger partial charge in [-0.2, -0.15) is 0 Å². The van der Waals surface area contributed by atoms with Crippen LogP contribution in [0.2, 0.25) is 0 Å². The minimum atomic E-state index is -0.435. The van der Waals surface area contributed by atoms with Gasteiger partial charge in [0.25, 0.3) is 0 Å². The summed E-state index contributed by atoms with van der Waals surface area (Å²) < 4.78 is 23.4. The molecule has 1 saturated carbocycles. The van der Waals surface area contributed by atoms with Crippen LogP contribution in [0.25, 0.3) is 5.00 Å². The normalized spacial score (nSPS) is 19.5. The monoisotopic (exact) mass is 526 g/mol. The summed E-state index contributed by atoms with van der Waals surface area (Å²) >= 11 is 1.65.